The van der Waals surface area contributed by atoms with Gasteiger partial charge >= 0.3 is 6.03 Å². The lowest BCUT2D eigenvalue weighted by atomic mass is 9.89. The Morgan fingerprint density at radius 2 is 1.89 bits per heavy atom. The fraction of sp³-hybridized carbons (Fsp3) is 0.545. The zero-order valence-electron chi connectivity index (χ0n) is 16.9. The molecule has 2 aliphatic rings. The highest BCUT2D eigenvalue weighted by atomic mass is 16.5. The number of hydrogen-bond donors (Lipinski definition) is 1. The van der Waals surface area contributed by atoms with Gasteiger partial charge in [0.25, 0.3) is 0 Å². The molecule has 1 aromatic carbocycles. The Labute approximate surface area is 166 Å². The van der Waals surface area contributed by atoms with Gasteiger partial charge in [0.15, 0.2) is 0 Å². The van der Waals surface area contributed by atoms with Crippen LogP contribution in [0.15, 0.2) is 28.8 Å². The van der Waals surface area contributed by atoms with E-state index in [0.717, 1.165) is 50.6 Å². The molecule has 0 spiro atoms. The SMILES string of the molecule is Cc1cc(CN2CCN(C(=O)NC(C)c3ccc4c(c3)CCCC4)CC2)no1. The Kier molecular flexibility index (Phi) is 5.67. The van der Waals surface area contributed by atoms with Crippen molar-refractivity contribution in [2.45, 2.75) is 52.1 Å². The van der Waals surface area contributed by atoms with Crippen LogP contribution in [0.4, 0.5) is 4.79 Å². The van der Waals surface area contributed by atoms with Gasteiger partial charge in [0.05, 0.1) is 11.7 Å². The van der Waals surface area contributed by atoms with E-state index in [0.29, 0.717) is 0 Å². The molecule has 1 aliphatic heterocycles. The van der Waals surface area contributed by atoms with Crippen LogP contribution in [-0.4, -0.2) is 47.2 Å². The minimum absolute atomic E-state index is 0.0239. The van der Waals surface area contributed by atoms with Crippen molar-refractivity contribution in [3.05, 3.63) is 52.4 Å². The summed E-state index contributed by atoms with van der Waals surface area (Å²) in [7, 11) is 0. The molecule has 4 rings (SSSR count). The number of hydrogen-bond acceptors (Lipinski definition) is 4. The molecule has 150 valence electrons. The average molecular weight is 383 g/mol. The summed E-state index contributed by atoms with van der Waals surface area (Å²) in [5.41, 5.74) is 5.10. The number of carbonyl (C=O) groups is 1. The third kappa shape index (κ3) is 4.38. The predicted molar refractivity (Wildman–Crippen MR) is 108 cm³/mol. The van der Waals surface area contributed by atoms with Crippen LogP contribution in [0.1, 0.15) is 54.0 Å². The molecule has 1 N–H and O–H groups in total. The lowest BCUT2D eigenvalue weighted by Gasteiger charge is -2.35. The van der Waals surface area contributed by atoms with Crippen LogP contribution < -0.4 is 5.32 Å². The van der Waals surface area contributed by atoms with E-state index in [1.165, 1.54) is 36.0 Å². The molecule has 1 fully saturated rings. The van der Waals surface area contributed by atoms with Crippen LogP contribution in [0.2, 0.25) is 0 Å². The molecule has 0 saturated carbocycles. The number of nitrogens with zero attached hydrogens (tertiary/aromatic N) is 3. The summed E-state index contributed by atoms with van der Waals surface area (Å²) >= 11 is 0. The molecule has 1 aromatic heterocycles. The van der Waals surface area contributed by atoms with Crippen LogP contribution in [-0.2, 0) is 19.4 Å². The quantitative estimate of drug-likeness (QED) is 0.880. The molecule has 1 atom stereocenters. The molecule has 0 bridgehead atoms. The Morgan fingerprint density at radius 3 is 2.61 bits per heavy atom. The molecular weight excluding hydrogens is 352 g/mol. The minimum atomic E-state index is 0.0239. The molecule has 1 unspecified atom stereocenters. The number of carbonyl (C=O) groups excluding carboxylic acids is 1. The molecule has 1 saturated heterocycles. The first-order valence-electron chi connectivity index (χ1n) is 10.4. The van der Waals surface area contributed by atoms with Gasteiger partial charge in [-0.15, -0.1) is 0 Å². The number of aromatic nitrogens is 1. The second-order valence-electron chi connectivity index (χ2n) is 8.10. The van der Waals surface area contributed by atoms with Crippen molar-refractivity contribution in [1.29, 1.82) is 0 Å². The van der Waals surface area contributed by atoms with Gasteiger partial charge in [-0.3, -0.25) is 4.90 Å². The normalized spacial score (nSPS) is 18.6. The topological polar surface area (TPSA) is 61.6 Å². The van der Waals surface area contributed by atoms with Gasteiger partial charge in [0.2, 0.25) is 0 Å². The van der Waals surface area contributed by atoms with Gasteiger partial charge in [0, 0.05) is 38.8 Å². The molecule has 1 aliphatic carbocycles. The number of urea groups is 1. The van der Waals surface area contributed by atoms with Crippen molar-refractivity contribution in [3.8, 4) is 0 Å². The Balaban J connectivity index is 1.28. The second-order valence-corrected chi connectivity index (χ2v) is 8.10. The predicted octanol–water partition coefficient (Wildman–Crippen LogP) is 3.45. The monoisotopic (exact) mass is 382 g/mol. The number of piperazine rings is 1. The standard InChI is InChI=1S/C22H30N4O2/c1-16-13-21(24-28-16)15-25-9-11-26(12-10-25)22(27)23-17(2)19-8-7-18-5-3-4-6-20(18)14-19/h7-8,13-14,17H,3-6,9-12,15H2,1-2H3,(H,23,27). The maximum absolute atomic E-state index is 12.7. The van der Waals surface area contributed by atoms with Gasteiger partial charge < -0.3 is 14.7 Å². The van der Waals surface area contributed by atoms with E-state index in [9.17, 15) is 4.79 Å². The van der Waals surface area contributed by atoms with Crippen molar-refractivity contribution in [2.24, 2.45) is 0 Å². The molecule has 6 nitrogen and oxygen atoms in total. The molecule has 6 heteroatoms. The highest BCUT2D eigenvalue weighted by Gasteiger charge is 2.23. The lowest BCUT2D eigenvalue weighted by molar-refractivity contribution is 0.132. The zero-order chi connectivity index (χ0) is 19.5. The van der Waals surface area contributed by atoms with E-state index in [4.69, 9.17) is 4.52 Å². The number of nitrogens with one attached hydrogen (secondary N) is 1. The summed E-state index contributed by atoms with van der Waals surface area (Å²) < 4.78 is 5.13. The smallest absolute Gasteiger partial charge is 0.317 e. The van der Waals surface area contributed by atoms with Crippen LogP contribution in [0, 0.1) is 6.92 Å². The van der Waals surface area contributed by atoms with Crippen molar-refractivity contribution in [2.75, 3.05) is 26.2 Å². The average Bonchev–Trinajstić information content (AvgIpc) is 3.12. The number of benzene rings is 1. The Hall–Kier alpha value is -2.34. The van der Waals surface area contributed by atoms with Crippen molar-refractivity contribution >= 4 is 6.03 Å². The molecule has 28 heavy (non-hydrogen) atoms. The Bertz CT molecular complexity index is 824. The second kappa shape index (κ2) is 8.35. The van der Waals surface area contributed by atoms with Gasteiger partial charge in [0.1, 0.15) is 5.76 Å². The summed E-state index contributed by atoms with van der Waals surface area (Å²) in [6.07, 6.45) is 4.92. The first-order valence-corrected chi connectivity index (χ1v) is 10.4. The van der Waals surface area contributed by atoms with Gasteiger partial charge in [-0.25, -0.2) is 4.79 Å². The van der Waals surface area contributed by atoms with Gasteiger partial charge in [-0.2, -0.15) is 0 Å². The van der Waals surface area contributed by atoms with E-state index in [1.807, 2.05) is 17.9 Å². The number of fused-ring (bicyclic) bond motifs is 1. The maximum atomic E-state index is 12.7. The third-order valence-electron chi connectivity index (χ3n) is 5.93. The fourth-order valence-corrected chi connectivity index (χ4v) is 4.21. The summed E-state index contributed by atoms with van der Waals surface area (Å²) in [5.74, 6) is 0.837. The van der Waals surface area contributed by atoms with Crippen LogP contribution >= 0.6 is 0 Å². The number of rotatable bonds is 4. The number of aryl methyl sites for hydroxylation is 3. The van der Waals surface area contributed by atoms with Crippen molar-refractivity contribution in [3.63, 3.8) is 0 Å². The van der Waals surface area contributed by atoms with Crippen LogP contribution in [0.5, 0.6) is 0 Å². The van der Waals surface area contributed by atoms with Crippen LogP contribution in [0.3, 0.4) is 0 Å². The van der Waals surface area contributed by atoms with Crippen LogP contribution in [0.25, 0.3) is 0 Å². The zero-order valence-corrected chi connectivity index (χ0v) is 16.9. The van der Waals surface area contributed by atoms with E-state index in [-0.39, 0.29) is 12.1 Å². The van der Waals surface area contributed by atoms with Crippen molar-refractivity contribution < 1.29 is 9.32 Å². The summed E-state index contributed by atoms with van der Waals surface area (Å²) in [6.45, 7) is 7.94. The summed E-state index contributed by atoms with van der Waals surface area (Å²) in [5, 5.41) is 7.24. The summed E-state index contributed by atoms with van der Waals surface area (Å²) in [6, 6.07) is 8.73. The molecule has 2 amide bonds. The largest absolute Gasteiger partial charge is 0.361 e. The van der Waals surface area contributed by atoms with E-state index in [1.54, 1.807) is 0 Å². The Morgan fingerprint density at radius 1 is 1.14 bits per heavy atom. The molecule has 0 radical (unpaired) electrons. The first kappa shape index (κ1) is 19.0. The molecule has 2 aromatic rings. The first-order chi connectivity index (χ1) is 13.6. The summed E-state index contributed by atoms with van der Waals surface area (Å²) in [4.78, 5) is 16.9. The number of amides is 2. The highest BCUT2D eigenvalue weighted by molar-refractivity contribution is 5.74. The van der Waals surface area contributed by atoms with E-state index >= 15 is 0 Å². The van der Waals surface area contributed by atoms with Gasteiger partial charge in [-0.1, -0.05) is 23.4 Å². The van der Waals surface area contributed by atoms with Gasteiger partial charge in [-0.05, 0) is 56.2 Å². The maximum Gasteiger partial charge on any atom is 0.317 e. The lowest BCUT2D eigenvalue weighted by Crippen LogP contribution is -2.51. The fourth-order valence-electron chi connectivity index (χ4n) is 4.21. The van der Waals surface area contributed by atoms with Crippen molar-refractivity contribution in [1.82, 2.24) is 20.3 Å². The third-order valence-corrected chi connectivity index (χ3v) is 5.93. The minimum Gasteiger partial charge on any atom is -0.361 e. The molecular formula is C22H30N4O2. The highest BCUT2D eigenvalue weighted by Crippen LogP contribution is 2.25. The van der Waals surface area contributed by atoms with E-state index in [2.05, 4.69) is 40.5 Å². The molecule has 2 heterocycles. The van der Waals surface area contributed by atoms with E-state index < -0.39 is 0 Å².